The molecule has 0 aliphatic carbocycles. The molecular formula is C16H16F3N3O4S. The van der Waals surface area contributed by atoms with E-state index in [0.29, 0.717) is 0 Å². The van der Waals surface area contributed by atoms with Gasteiger partial charge in [-0.15, -0.1) is 13.2 Å². The van der Waals surface area contributed by atoms with Crippen LogP contribution >= 0.6 is 0 Å². The van der Waals surface area contributed by atoms with Crippen molar-refractivity contribution in [2.75, 3.05) is 6.54 Å². The summed E-state index contributed by atoms with van der Waals surface area (Å²) in [5.41, 5.74) is 0.847. The van der Waals surface area contributed by atoms with Gasteiger partial charge in [0.2, 0.25) is 15.9 Å². The minimum atomic E-state index is -4.86. The molecule has 27 heavy (non-hydrogen) atoms. The molecule has 1 amide bonds. The zero-order chi connectivity index (χ0) is 19.9. The van der Waals surface area contributed by atoms with Gasteiger partial charge in [-0.25, -0.2) is 13.1 Å². The second-order valence-electron chi connectivity index (χ2n) is 5.30. The molecule has 1 aromatic heterocycles. The summed E-state index contributed by atoms with van der Waals surface area (Å²) >= 11 is 0. The Hall–Kier alpha value is -2.66. The van der Waals surface area contributed by atoms with E-state index >= 15 is 0 Å². The van der Waals surface area contributed by atoms with E-state index in [4.69, 9.17) is 0 Å². The number of benzene rings is 1. The summed E-state index contributed by atoms with van der Waals surface area (Å²) in [6, 6.07) is 7.21. The molecule has 0 atom stereocenters. The Labute approximate surface area is 153 Å². The lowest BCUT2D eigenvalue weighted by atomic mass is 10.2. The lowest BCUT2D eigenvalue weighted by Gasteiger charge is -2.10. The van der Waals surface area contributed by atoms with Crippen molar-refractivity contribution in [1.82, 2.24) is 15.0 Å². The fourth-order valence-electron chi connectivity index (χ4n) is 1.99. The van der Waals surface area contributed by atoms with E-state index in [2.05, 4.69) is 19.8 Å². The van der Waals surface area contributed by atoms with E-state index in [0.717, 1.165) is 29.8 Å². The van der Waals surface area contributed by atoms with Crippen molar-refractivity contribution in [2.24, 2.45) is 0 Å². The molecular weight excluding hydrogens is 387 g/mol. The Balaban J connectivity index is 1.81. The van der Waals surface area contributed by atoms with Gasteiger partial charge in [-0.3, -0.25) is 9.78 Å². The van der Waals surface area contributed by atoms with Crippen LogP contribution in [0.15, 0.2) is 53.7 Å². The van der Waals surface area contributed by atoms with Crippen LogP contribution in [0.1, 0.15) is 12.0 Å². The molecule has 1 heterocycles. The first-order valence-corrected chi connectivity index (χ1v) is 9.15. The number of rotatable bonds is 8. The number of carbonyl (C=O) groups is 1. The van der Waals surface area contributed by atoms with Crippen molar-refractivity contribution < 1.29 is 31.1 Å². The first kappa shape index (κ1) is 20.6. The van der Waals surface area contributed by atoms with E-state index in [1.165, 1.54) is 0 Å². The zero-order valence-electron chi connectivity index (χ0n) is 13.9. The second kappa shape index (κ2) is 8.82. The molecule has 2 aromatic rings. The maximum absolute atomic E-state index is 12.1. The van der Waals surface area contributed by atoms with Gasteiger partial charge >= 0.3 is 6.36 Å². The molecule has 0 saturated heterocycles. The normalized spacial score (nSPS) is 11.8. The molecule has 11 heteroatoms. The first-order chi connectivity index (χ1) is 12.7. The maximum Gasteiger partial charge on any atom is 0.573 e. The van der Waals surface area contributed by atoms with Gasteiger partial charge in [0.05, 0.1) is 4.90 Å². The number of nitrogens with zero attached hydrogens (tertiary/aromatic N) is 1. The van der Waals surface area contributed by atoms with Crippen molar-refractivity contribution in [3.05, 3.63) is 54.4 Å². The van der Waals surface area contributed by atoms with Gasteiger partial charge in [-0.1, -0.05) is 0 Å². The molecule has 0 unspecified atom stereocenters. The highest BCUT2D eigenvalue weighted by atomic mass is 32.2. The molecule has 2 rings (SSSR count). The third kappa shape index (κ3) is 7.23. The van der Waals surface area contributed by atoms with E-state index in [9.17, 15) is 26.4 Å². The summed E-state index contributed by atoms with van der Waals surface area (Å²) in [5.74, 6) is -0.889. The van der Waals surface area contributed by atoms with Crippen molar-refractivity contribution in [3.8, 4) is 5.75 Å². The fourth-order valence-corrected chi connectivity index (χ4v) is 3.02. The number of ether oxygens (including phenoxy) is 1. The number of sulfonamides is 1. The SMILES string of the molecule is O=C(CCNS(=O)(=O)c1ccc(OC(F)(F)F)cc1)NCc1ccncc1. The molecule has 0 aliphatic rings. The third-order valence-corrected chi connectivity index (χ3v) is 4.73. The second-order valence-corrected chi connectivity index (χ2v) is 7.07. The highest BCUT2D eigenvalue weighted by Gasteiger charge is 2.31. The van der Waals surface area contributed by atoms with Gasteiger partial charge in [-0.05, 0) is 42.0 Å². The number of hydrogen-bond donors (Lipinski definition) is 2. The molecule has 0 fully saturated rings. The lowest BCUT2D eigenvalue weighted by molar-refractivity contribution is -0.274. The molecule has 0 spiro atoms. The number of halogens is 3. The van der Waals surface area contributed by atoms with E-state index in [1.807, 2.05) is 0 Å². The summed E-state index contributed by atoms with van der Waals surface area (Å²) in [5, 5.41) is 2.63. The van der Waals surface area contributed by atoms with Crippen molar-refractivity contribution >= 4 is 15.9 Å². The topological polar surface area (TPSA) is 97.4 Å². The van der Waals surface area contributed by atoms with Gasteiger partial charge in [0.1, 0.15) is 5.75 Å². The van der Waals surface area contributed by atoms with Crippen LogP contribution in [0.5, 0.6) is 5.75 Å². The standard InChI is InChI=1S/C16H16F3N3O4S/c17-16(18,19)26-13-1-3-14(4-2-13)27(24,25)22-10-7-15(23)21-11-12-5-8-20-9-6-12/h1-6,8-9,22H,7,10-11H2,(H,21,23). The van der Waals surface area contributed by atoms with Crippen molar-refractivity contribution in [2.45, 2.75) is 24.2 Å². The Bertz CT molecular complexity index is 857. The third-order valence-electron chi connectivity index (χ3n) is 3.25. The Morgan fingerprint density at radius 1 is 1.07 bits per heavy atom. The Kier molecular flexibility index (Phi) is 6.75. The number of pyridine rings is 1. The van der Waals surface area contributed by atoms with Crippen LogP contribution in [0, 0.1) is 0 Å². The van der Waals surface area contributed by atoms with E-state index < -0.39 is 22.1 Å². The molecule has 0 radical (unpaired) electrons. The average Bonchev–Trinajstić information content (AvgIpc) is 2.60. The van der Waals surface area contributed by atoms with Gasteiger partial charge < -0.3 is 10.1 Å². The Morgan fingerprint density at radius 3 is 2.30 bits per heavy atom. The molecule has 1 aromatic carbocycles. The number of nitrogens with one attached hydrogen (secondary N) is 2. The Morgan fingerprint density at radius 2 is 1.70 bits per heavy atom. The number of amides is 1. The highest BCUT2D eigenvalue weighted by Crippen LogP contribution is 2.23. The monoisotopic (exact) mass is 403 g/mol. The average molecular weight is 403 g/mol. The van der Waals surface area contributed by atoms with Crippen LogP contribution in [0.3, 0.4) is 0 Å². The number of aromatic nitrogens is 1. The minimum Gasteiger partial charge on any atom is -0.406 e. The number of carbonyl (C=O) groups excluding carboxylic acids is 1. The van der Waals surface area contributed by atoms with Crippen molar-refractivity contribution in [3.63, 3.8) is 0 Å². The fraction of sp³-hybridized carbons (Fsp3) is 0.250. The van der Waals surface area contributed by atoms with Gasteiger partial charge in [0, 0.05) is 31.9 Å². The molecule has 0 aliphatic heterocycles. The first-order valence-electron chi connectivity index (χ1n) is 7.67. The van der Waals surface area contributed by atoms with Gasteiger partial charge in [0.25, 0.3) is 0 Å². The molecule has 7 nitrogen and oxygen atoms in total. The smallest absolute Gasteiger partial charge is 0.406 e. The largest absolute Gasteiger partial charge is 0.573 e. The quantitative estimate of drug-likeness (QED) is 0.702. The van der Waals surface area contributed by atoms with Gasteiger partial charge in [-0.2, -0.15) is 0 Å². The summed E-state index contributed by atoms with van der Waals surface area (Å²) in [7, 11) is -3.96. The van der Waals surface area contributed by atoms with Crippen LogP contribution in [0.25, 0.3) is 0 Å². The lowest BCUT2D eigenvalue weighted by Crippen LogP contribution is -2.30. The number of alkyl halides is 3. The minimum absolute atomic E-state index is 0.0976. The van der Waals surface area contributed by atoms with Crippen LogP contribution < -0.4 is 14.8 Å². The molecule has 0 bridgehead atoms. The van der Waals surface area contributed by atoms with Crippen LogP contribution in [-0.4, -0.2) is 32.2 Å². The van der Waals surface area contributed by atoms with Crippen LogP contribution in [0.4, 0.5) is 13.2 Å². The van der Waals surface area contributed by atoms with E-state index in [1.54, 1.807) is 24.5 Å². The summed E-state index contributed by atoms with van der Waals surface area (Å²) in [4.78, 5) is 15.3. The summed E-state index contributed by atoms with van der Waals surface area (Å²) in [6.07, 6.45) is -1.79. The molecule has 2 N–H and O–H groups in total. The van der Waals surface area contributed by atoms with Crippen molar-refractivity contribution in [1.29, 1.82) is 0 Å². The zero-order valence-corrected chi connectivity index (χ0v) is 14.7. The number of hydrogen-bond acceptors (Lipinski definition) is 5. The molecule has 0 saturated carbocycles. The predicted octanol–water partition coefficient (Wildman–Crippen LogP) is 1.96. The highest BCUT2D eigenvalue weighted by molar-refractivity contribution is 7.89. The predicted molar refractivity (Wildman–Crippen MR) is 89.0 cm³/mol. The maximum atomic E-state index is 12.1. The van der Waals surface area contributed by atoms with Crippen LogP contribution in [-0.2, 0) is 21.4 Å². The van der Waals surface area contributed by atoms with Gasteiger partial charge in [0.15, 0.2) is 0 Å². The van der Waals surface area contributed by atoms with E-state index in [-0.39, 0.29) is 30.3 Å². The molecule has 146 valence electrons. The van der Waals surface area contributed by atoms with Crippen LogP contribution in [0.2, 0.25) is 0 Å². The summed E-state index contributed by atoms with van der Waals surface area (Å²) < 4.78 is 66.3. The summed E-state index contributed by atoms with van der Waals surface area (Å²) in [6.45, 7) is 0.125.